The van der Waals surface area contributed by atoms with E-state index in [0.717, 1.165) is 23.2 Å². The van der Waals surface area contributed by atoms with E-state index in [2.05, 4.69) is 29.7 Å². The van der Waals surface area contributed by atoms with Crippen molar-refractivity contribution in [3.63, 3.8) is 0 Å². The molecule has 2 amide bonds. The molecule has 0 aliphatic carbocycles. The Morgan fingerprint density at radius 1 is 1.00 bits per heavy atom. The Morgan fingerprint density at radius 3 is 2.32 bits per heavy atom. The lowest BCUT2D eigenvalue weighted by Crippen LogP contribution is -2.36. The summed E-state index contributed by atoms with van der Waals surface area (Å²) in [6.07, 6.45) is 2.72. The second-order valence-electron chi connectivity index (χ2n) is 7.87. The molecule has 0 bridgehead atoms. The highest BCUT2D eigenvalue weighted by molar-refractivity contribution is 6.00. The SMILES string of the molecule is CCc1ccc(-c2nn(-c3ccccc3C)cc2C(=O)NCCNC(=O)C(C)C)cc1. The molecule has 1 aromatic heterocycles. The number of carbonyl (C=O) groups excluding carboxylic acids is 2. The molecule has 0 fully saturated rings. The number of carbonyl (C=O) groups is 2. The second-order valence-corrected chi connectivity index (χ2v) is 7.87. The predicted molar refractivity (Wildman–Crippen MR) is 123 cm³/mol. The lowest BCUT2D eigenvalue weighted by Gasteiger charge is -2.09. The minimum absolute atomic E-state index is 0.0293. The van der Waals surface area contributed by atoms with E-state index in [-0.39, 0.29) is 17.7 Å². The van der Waals surface area contributed by atoms with Gasteiger partial charge in [0, 0.05) is 30.8 Å². The van der Waals surface area contributed by atoms with Crippen LogP contribution in [-0.2, 0) is 11.2 Å². The number of para-hydroxylation sites is 1. The molecule has 3 aromatic rings. The highest BCUT2D eigenvalue weighted by atomic mass is 16.2. The summed E-state index contributed by atoms with van der Waals surface area (Å²) in [7, 11) is 0. The Labute approximate surface area is 183 Å². The van der Waals surface area contributed by atoms with Gasteiger partial charge >= 0.3 is 0 Å². The van der Waals surface area contributed by atoms with Crippen LogP contribution in [0.1, 0.15) is 42.3 Å². The molecule has 6 heteroatoms. The molecule has 0 aliphatic rings. The molecule has 2 N–H and O–H groups in total. The third kappa shape index (κ3) is 5.40. The van der Waals surface area contributed by atoms with E-state index >= 15 is 0 Å². The number of hydrogen-bond acceptors (Lipinski definition) is 3. The van der Waals surface area contributed by atoms with Crippen molar-refractivity contribution in [2.45, 2.75) is 34.1 Å². The maximum Gasteiger partial charge on any atom is 0.255 e. The van der Waals surface area contributed by atoms with E-state index in [9.17, 15) is 9.59 Å². The van der Waals surface area contributed by atoms with Crippen LogP contribution in [0.5, 0.6) is 0 Å². The number of nitrogens with zero attached hydrogens (tertiary/aromatic N) is 2. The zero-order chi connectivity index (χ0) is 22.4. The summed E-state index contributed by atoms with van der Waals surface area (Å²) in [6.45, 7) is 8.53. The van der Waals surface area contributed by atoms with E-state index < -0.39 is 0 Å². The number of rotatable bonds is 8. The number of hydrogen-bond donors (Lipinski definition) is 2. The minimum atomic E-state index is -0.215. The Morgan fingerprint density at radius 2 is 1.68 bits per heavy atom. The Hall–Kier alpha value is -3.41. The van der Waals surface area contributed by atoms with Crippen molar-refractivity contribution < 1.29 is 9.59 Å². The highest BCUT2D eigenvalue weighted by Crippen LogP contribution is 2.25. The monoisotopic (exact) mass is 418 g/mol. The molecule has 1 heterocycles. The van der Waals surface area contributed by atoms with Crippen LogP contribution in [-0.4, -0.2) is 34.7 Å². The third-order valence-electron chi connectivity index (χ3n) is 5.19. The van der Waals surface area contributed by atoms with E-state index in [4.69, 9.17) is 5.10 Å². The number of nitrogens with one attached hydrogen (secondary N) is 2. The van der Waals surface area contributed by atoms with Crippen LogP contribution in [0.4, 0.5) is 0 Å². The molecule has 162 valence electrons. The Balaban J connectivity index is 1.87. The van der Waals surface area contributed by atoms with Crippen LogP contribution >= 0.6 is 0 Å². The molecular formula is C25H30N4O2. The van der Waals surface area contributed by atoms with Crippen molar-refractivity contribution in [3.8, 4) is 16.9 Å². The van der Waals surface area contributed by atoms with Crippen molar-refractivity contribution in [2.24, 2.45) is 5.92 Å². The van der Waals surface area contributed by atoms with E-state index in [0.29, 0.717) is 24.3 Å². The van der Waals surface area contributed by atoms with Gasteiger partial charge in [-0.1, -0.05) is 63.2 Å². The zero-order valence-electron chi connectivity index (χ0n) is 18.6. The van der Waals surface area contributed by atoms with Gasteiger partial charge in [0.2, 0.25) is 5.91 Å². The average molecular weight is 419 g/mol. The fourth-order valence-electron chi connectivity index (χ4n) is 3.26. The highest BCUT2D eigenvalue weighted by Gasteiger charge is 2.19. The van der Waals surface area contributed by atoms with E-state index in [1.54, 1.807) is 10.9 Å². The lowest BCUT2D eigenvalue weighted by molar-refractivity contribution is -0.123. The molecule has 0 saturated heterocycles. The molecule has 31 heavy (non-hydrogen) atoms. The molecule has 0 unspecified atom stereocenters. The number of benzene rings is 2. The molecule has 0 atom stereocenters. The molecule has 6 nitrogen and oxygen atoms in total. The molecular weight excluding hydrogens is 388 g/mol. The van der Waals surface area contributed by atoms with Crippen molar-refractivity contribution >= 4 is 11.8 Å². The zero-order valence-corrected chi connectivity index (χ0v) is 18.6. The standard InChI is InChI=1S/C25H30N4O2/c1-5-19-10-12-20(13-11-19)23-21(25(31)27-15-14-26-24(30)17(2)3)16-29(28-23)22-9-7-6-8-18(22)4/h6-13,16-17H,5,14-15H2,1-4H3,(H,26,30)(H,27,31). The smallest absolute Gasteiger partial charge is 0.255 e. The molecule has 3 rings (SSSR count). The van der Waals surface area contributed by atoms with E-state index in [1.165, 1.54) is 5.56 Å². The fraction of sp³-hybridized carbons (Fsp3) is 0.320. The lowest BCUT2D eigenvalue weighted by atomic mass is 10.0. The van der Waals surface area contributed by atoms with Crippen molar-refractivity contribution in [2.75, 3.05) is 13.1 Å². The van der Waals surface area contributed by atoms with Gasteiger partial charge < -0.3 is 10.6 Å². The topological polar surface area (TPSA) is 76.0 Å². The summed E-state index contributed by atoms with van der Waals surface area (Å²) in [5, 5.41) is 10.5. The average Bonchev–Trinajstić information content (AvgIpc) is 3.22. The molecule has 0 radical (unpaired) electrons. The van der Waals surface area contributed by atoms with Crippen LogP contribution < -0.4 is 10.6 Å². The predicted octanol–water partition coefficient (Wildman–Crippen LogP) is 3.91. The largest absolute Gasteiger partial charge is 0.354 e. The molecule has 0 saturated carbocycles. The number of amides is 2. The van der Waals surface area contributed by atoms with Crippen LogP contribution in [0, 0.1) is 12.8 Å². The van der Waals surface area contributed by atoms with Crippen molar-refractivity contribution in [1.29, 1.82) is 0 Å². The van der Waals surface area contributed by atoms with Gasteiger partial charge in [0.25, 0.3) is 5.91 Å². The summed E-state index contributed by atoms with van der Waals surface area (Å²) in [5.74, 6) is -0.327. The van der Waals surface area contributed by atoms with Gasteiger partial charge in [0.05, 0.1) is 11.3 Å². The van der Waals surface area contributed by atoms with Crippen molar-refractivity contribution in [1.82, 2.24) is 20.4 Å². The first-order valence-electron chi connectivity index (χ1n) is 10.7. The maximum atomic E-state index is 13.0. The van der Waals surface area contributed by atoms with Crippen LogP contribution in [0.2, 0.25) is 0 Å². The number of aromatic nitrogens is 2. The summed E-state index contributed by atoms with van der Waals surface area (Å²) < 4.78 is 1.76. The number of aryl methyl sites for hydroxylation is 2. The minimum Gasteiger partial charge on any atom is -0.354 e. The maximum absolute atomic E-state index is 13.0. The normalized spacial score (nSPS) is 10.9. The second kappa shape index (κ2) is 10.1. The summed E-state index contributed by atoms with van der Waals surface area (Å²) in [6, 6.07) is 16.1. The van der Waals surface area contributed by atoms with Gasteiger partial charge in [0.1, 0.15) is 5.69 Å². The first kappa shape index (κ1) is 22.3. The summed E-state index contributed by atoms with van der Waals surface area (Å²) >= 11 is 0. The van der Waals surface area contributed by atoms with Crippen LogP contribution in [0.15, 0.2) is 54.7 Å². The Kier molecular flexibility index (Phi) is 7.23. The van der Waals surface area contributed by atoms with Crippen LogP contribution in [0.3, 0.4) is 0 Å². The van der Waals surface area contributed by atoms with Gasteiger partial charge in [-0.2, -0.15) is 5.10 Å². The molecule has 2 aromatic carbocycles. The quantitative estimate of drug-likeness (QED) is 0.545. The van der Waals surface area contributed by atoms with Gasteiger partial charge in [-0.3, -0.25) is 9.59 Å². The van der Waals surface area contributed by atoms with Gasteiger partial charge in [-0.25, -0.2) is 4.68 Å². The van der Waals surface area contributed by atoms with Crippen molar-refractivity contribution in [3.05, 3.63) is 71.4 Å². The van der Waals surface area contributed by atoms with Crippen LogP contribution in [0.25, 0.3) is 16.9 Å². The Bertz CT molecular complexity index is 1050. The van der Waals surface area contributed by atoms with Gasteiger partial charge in [0.15, 0.2) is 0 Å². The van der Waals surface area contributed by atoms with Gasteiger partial charge in [-0.15, -0.1) is 0 Å². The third-order valence-corrected chi connectivity index (χ3v) is 5.19. The molecule has 0 spiro atoms. The van der Waals surface area contributed by atoms with E-state index in [1.807, 2.05) is 57.2 Å². The summed E-state index contributed by atoms with van der Waals surface area (Å²) in [4.78, 5) is 24.7. The fourth-order valence-corrected chi connectivity index (χ4v) is 3.26. The first-order chi connectivity index (χ1) is 14.9. The molecule has 0 aliphatic heterocycles. The summed E-state index contributed by atoms with van der Waals surface area (Å²) in [5.41, 5.74) is 5.26. The first-order valence-corrected chi connectivity index (χ1v) is 10.7. The van der Waals surface area contributed by atoms with Gasteiger partial charge in [-0.05, 0) is 30.5 Å².